The van der Waals surface area contributed by atoms with Gasteiger partial charge in [-0.05, 0) is 23.5 Å². The zero-order chi connectivity index (χ0) is 17.0. The summed E-state index contributed by atoms with van der Waals surface area (Å²) in [6, 6.07) is 7.50. The second-order valence-electron chi connectivity index (χ2n) is 6.43. The minimum atomic E-state index is -3.54. The molecule has 1 unspecified atom stereocenters. The molecular weight excluding hydrogens is 298 g/mol. The Hall–Kier alpha value is -1.62. The van der Waals surface area contributed by atoms with Crippen molar-refractivity contribution in [3.8, 4) is 0 Å². The first-order valence-corrected chi connectivity index (χ1v) is 8.99. The molecule has 0 aliphatic rings. The molecule has 5 heteroatoms. The molecule has 0 heterocycles. The van der Waals surface area contributed by atoms with Gasteiger partial charge in [-0.2, -0.15) is 0 Å². The van der Waals surface area contributed by atoms with E-state index in [0.29, 0.717) is 5.56 Å². The van der Waals surface area contributed by atoms with Crippen LogP contribution in [0.15, 0.2) is 36.9 Å². The Bertz CT molecular complexity index is 625. The topological polar surface area (TPSA) is 63.2 Å². The maximum Gasteiger partial charge on any atom is 0.238 e. The average molecular weight is 323 g/mol. The Kier molecular flexibility index (Phi) is 5.94. The Labute approximate surface area is 133 Å². The van der Waals surface area contributed by atoms with E-state index in [1.807, 2.05) is 24.3 Å². The molecule has 1 rings (SSSR count). The van der Waals surface area contributed by atoms with Gasteiger partial charge in [0.2, 0.25) is 5.91 Å². The molecule has 0 radical (unpaired) electrons. The van der Waals surface area contributed by atoms with Gasteiger partial charge in [0.15, 0.2) is 9.84 Å². The first kappa shape index (κ1) is 18.4. The molecule has 1 aromatic carbocycles. The van der Waals surface area contributed by atoms with E-state index in [9.17, 15) is 13.2 Å². The molecular formula is C17H25NO3S. The van der Waals surface area contributed by atoms with Crippen molar-refractivity contribution in [1.29, 1.82) is 0 Å². The molecule has 0 saturated heterocycles. The highest BCUT2D eigenvalue weighted by atomic mass is 32.2. The van der Waals surface area contributed by atoms with Crippen molar-refractivity contribution in [3.05, 3.63) is 48.0 Å². The fourth-order valence-corrected chi connectivity index (χ4v) is 3.25. The Morgan fingerprint density at radius 2 is 1.82 bits per heavy atom. The molecule has 4 nitrogen and oxygen atoms in total. The van der Waals surface area contributed by atoms with Crippen LogP contribution in [-0.4, -0.2) is 26.1 Å². The molecule has 1 atom stereocenters. The molecule has 0 aliphatic carbocycles. The van der Waals surface area contributed by atoms with Gasteiger partial charge in [-0.15, -0.1) is 6.58 Å². The molecule has 1 amide bonds. The minimum Gasteiger partial charge on any atom is -0.352 e. The van der Waals surface area contributed by atoms with Gasteiger partial charge in [0.1, 0.15) is 5.25 Å². The molecule has 0 fully saturated rings. The maximum absolute atomic E-state index is 12.3. The Morgan fingerprint density at radius 3 is 2.27 bits per heavy atom. The van der Waals surface area contributed by atoms with Crippen LogP contribution >= 0.6 is 0 Å². The standard InChI is InChI=1S/C17H25NO3S/c1-6-11-18-16(19)13(2)22(20,21)12-14-7-9-15(10-8-14)17(3,4)5/h6-10,13H,1,11-12H2,2-5H3,(H,18,19). The van der Waals surface area contributed by atoms with Crippen LogP contribution in [0.5, 0.6) is 0 Å². The van der Waals surface area contributed by atoms with Crippen LogP contribution in [0, 0.1) is 0 Å². The first-order valence-electron chi connectivity index (χ1n) is 7.27. The van der Waals surface area contributed by atoms with E-state index >= 15 is 0 Å². The van der Waals surface area contributed by atoms with E-state index in [1.165, 1.54) is 13.0 Å². The number of benzene rings is 1. The van der Waals surface area contributed by atoms with E-state index in [0.717, 1.165) is 5.56 Å². The van der Waals surface area contributed by atoms with Crippen LogP contribution in [0.3, 0.4) is 0 Å². The number of hydrogen-bond acceptors (Lipinski definition) is 3. The van der Waals surface area contributed by atoms with Crippen molar-refractivity contribution in [2.45, 2.75) is 44.1 Å². The molecule has 22 heavy (non-hydrogen) atoms. The lowest BCUT2D eigenvalue weighted by molar-refractivity contribution is -0.120. The van der Waals surface area contributed by atoms with Crippen molar-refractivity contribution in [1.82, 2.24) is 5.32 Å². The summed E-state index contributed by atoms with van der Waals surface area (Å²) in [5.74, 6) is -0.633. The third kappa shape index (κ3) is 4.98. The fourth-order valence-electron chi connectivity index (χ4n) is 1.94. The Balaban J connectivity index is 2.84. The van der Waals surface area contributed by atoms with Gasteiger partial charge in [-0.3, -0.25) is 4.79 Å². The highest BCUT2D eigenvalue weighted by molar-refractivity contribution is 7.92. The quantitative estimate of drug-likeness (QED) is 0.819. The smallest absolute Gasteiger partial charge is 0.238 e. The van der Waals surface area contributed by atoms with Gasteiger partial charge in [0.25, 0.3) is 0 Å². The Morgan fingerprint density at radius 1 is 1.27 bits per heavy atom. The molecule has 0 spiro atoms. The summed E-state index contributed by atoms with van der Waals surface area (Å²) in [6.07, 6.45) is 1.52. The minimum absolute atomic E-state index is 0.0231. The van der Waals surface area contributed by atoms with Crippen LogP contribution in [0.1, 0.15) is 38.8 Å². The second-order valence-corrected chi connectivity index (χ2v) is 8.75. The largest absolute Gasteiger partial charge is 0.352 e. The zero-order valence-electron chi connectivity index (χ0n) is 13.7. The van der Waals surface area contributed by atoms with Crippen LogP contribution < -0.4 is 5.32 Å². The van der Waals surface area contributed by atoms with Gasteiger partial charge in [-0.25, -0.2) is 8.42 Å². The molecule has 0 bridgehead atoms. The summed E-state index contributed by atoms with van der Waals surface area (Å²) < 4.78 is 24.6. The second kappa shape index (κ2) is 7.09. The number of hydrogen-bond donors (Lipinski definition) is 1. The van der Waals surface area contributed by atoms with E-state index in [1.54, 1.807) is 0 Å². The predicted octanol–water partition coefficient (Wildman–Crippen LogP) is 2.59. The average Bonchev–Trinajstić information content (AvgIpc) is 2.43. The molecule has 0 aliphatic heterocycles. The summed E-state index contributed by atoms with van der Waals surface area (Å²) in [6.45, 7) is 11.5. The summed E-state index contributed by atoms with van der Waals surface area (Å²) in [7, 11) is -3.54. The molecule has 122 valence electrons. The summed E-state index contributed by atoms with van der Waals surface area (Å²) in [5.41, 5.74) is 1.86. The molecule has 1 N–H and O–H groups in total. The number of amides is 1. The lowest BCUT2D eigenvalue weighted by Crippen LogP contribution is -2.38. The van der Waals surface area contributed by atoms with Gasteiger partial charge >= 0.3 is 0 Å². The first-order chi connectivity index (χ1) is 10.1. The van der Waals surface area contributed by atoms with E-state index < -0.39 is 21.0 Å². The number of carbonyl (C=O) groups excluding carboxylic acids is 1. The van der Waals surface area contributed by atoms with Gasteiger partial charge in [-0.1, -0.05) is 51.1 Å². The predicted molar refractivity (Wildman–Crippen MR) is 90.4 cm³/mol. The number of carbonyl (C=O) groups is 1. The fraction of sp³-hybridized carbons (Fsp3) is 0.471. The third-order valence-electron chi connectivity index (χ3n) is 3.52. The normalized spacial score (nSPS) is 13.5. The van der Waals surface area contributed by atoms with Crippen molar-refractivity contribution < 1.29 is 13.2 Å². The SMILES string of the molecule is C=CCNC(=O)C(C)S(=O)(=O)Cc1ccc(C(C)(C)C)cc1. The zero-order valence-corrected chi connectivity index (χ0v) is 14.5. The van der Waals surface area contributed by atoms with Crippen LogP contribution in [-0.2, 0) is 25.8 Å². The highest BCUT2D eigenvalue weighted by Gasteiger charge is 2.27. The van der Waals surface area contributed by atoms with E-state index in [-0.39, 0.29) is 17.7 Å². The van der Waals surface area contributed by atoms with Gasteiger partial charge in [0.05, 0.1) is 5.75 Å². The highest BCUT2D eigenvalue weighted by Crippen LogP contribution is 2.23. The van der Waals surface area contributed by atoms with Crippen LogP contribution in [0.25, 0.3) is 0 Å². The van der Waals surface area contributed by atoms with Gasteiger partial charge < -0.3 is 5.32 Å². The summed E-state index contributed by atoms with van der Waals surface area (Å²) in [4.78, 5) is 11.8. The van der Waals surface area contributed by atoms with Gasteiger partial charge in [0, 0.05) is 6.54 Å². The summed E-state index contributed by atoms with van der Waals surface area (Å²) in [5, 5.41) is 1.44. The molecule has 1 aromatic rings. The van der Waals surface area contributed by atoms with Crippen LogP contribution in [0.4, 0.5) is 0 Å². The van der Waals surface area contributed by atoms with Crippen molar-refractivity contribution in [2.24, 2.45) is 0 Å². The maximum atomic E-state index is 12.3. The monoisotopic (exact) mass is 323 g/mol. The number of rotatable bonds is 6. The number of sulfone groups is 1. The molecule has 0 saturated carbocycles. The van der Waals surface area contributed by atoms with Crippen LogP contribution in [0.2, 0.25) is 0 Å². The van der Waals surface area contributed by atoms with E-state index in [4.69, 9.17) is 0 Å². The molecule has 0 aromatic heterocycles. The van der Waals surface area contributed by atoms with Crippen molar-refractivity contribution in [3.63, 3.8) is 0 Å². The van der Waals surface area contributed by atoms with Crippen molar-refractivity contribution >= 4 is 15.7 Å². The van der Waals surface area contributed by atoms with Crippen molar-refractivity contribution in [2.75, 3.05) is 6.54 Å². The summed E-state index contributed by atoms with van der Waals surface area (Å²) >= 11 is 0. The number of nitrogens with one attached hydrogen (secondary N) is 1. The third-order valence-corrected chi connectivity index (χ3v) is 5.54. The van der Waals surface area contributed by atoms with E-state index in [2.05, 4.69) is 32.7 Å². The lowest BCUT2D eigenvalue weighted by atomic mass is 9.87. The lowest BCUT2D eigenvalue weighted by Gasteiger charge is -2.19.